The van der Waals surface area contributed by atoms with E-state index in [1.54, 1.807) is 12.1 Å². The highest BCUT2D eigenvalue weighted by Crippen LogP contribution is 2.38. The van der Waals surface area contributed by atoms with Crippen molar-refractivity contribution in [2.24, 2.45) is 11.8 Å². The fourth-order valence-corrected chi connectivity index (χ4v) is 4.44. The molecule has 4 rings (SSSR count). The van der Waals surface area contributed by atoms with Crippen LogP contribution in [-0.4, -0.2) is 45.1 Å². The zero-order valence-corrected chi connectivity index (χ0v) is 15.1. The standard InChI is InChI=1S/C20H26FN3O2/c1-2-24-17(7-8-22-24)13-23-11-14-9-19(25)20(10-15(14)12-23)26-18-5-3-16(21)4-6-18/h3-8,14-15,19-20,25H,2,9-13H2,1H3/t14-,15+,19+,20+/m0/s1. The van der Waals surface area contributed by atoms with Crippen molar-refractivity contribution in [1.82, 2.24) is 14.7 Å². The summed E-state index contributed by atoms with van der Waals surface area (Å²) in [5.74, 6) is 1.38. The average Bonchev–Trinajstić information content (AvgIpc) is 3.23. The van der Waals surface area contributed by atoms with Gasteiger partial charge in [0.05, 0.1) is 11.8 Å². The highest BCUT2D eigenvalue weighted by Gasteiger charge is 2.42. The summed E-state index contributed by atoms with van der Waals surface area (Å²) in [7, 11) is 0. The van der Waals surface area contributed by atoms with E-state index in [2.05, 4.69) is 23.0 Å². The number of halogens is 1. The Kier molecular flexibility index (Phi) is 4.96. The van der Waals surface area contributed by atoms with Crippen LogP contribution in [0.5, 0.6) is 5.75 Å². The SMILES string of the molecule is CCn1nccc1CN1C[C@H]2C[C@@H](Oc3ccc(F)cc3)[C@H](O)C[C@H]2C1. The van der Waals surface area contributed by atoms with Gasteiger partial charge in [0, 0.05) is 32.4 Å². The van der Waals surface area contributed by atoms with E-state index in [0.29, 0.717) is 17.6 Å². The Morgan fingerprint density at radius 2 is 1.88 bits per heavy atom. The third-order valence-corrected chi connectivity index (χ3v) is 5.75. The second-order valence-corrected chi connectivity index (χ2v) is 7.50. The second-order valence-electron chi connectivity index (χ2n) is 7.50. The molecule has 2 fully saturated rings. The molecule has 4 atom stereocenters. The lowest BCUT2D eigenvalue weighted by Crippen LogP contribution is -2.42. The van der Waals surface area contributed by atoms with Crippen molar-refractivity contribution in [3.63, 3.8) is 0 Å². The molecule has 1 saturated heterocycles. The summed E-state index contributed by atoms with van der Waals surface area (Å²) in [5, 5.41) is 14.9. The van der Waals surface area contributed by atoms with E-state index in [9.17, 15) is 9.50 Å². The first-order chi connectivity index (χ1) is 12.6. The fraction of sp³-hybridized carbons (Fsp3) is 0.550. The van der Waals surface area contributed by atoms with Gasteiger partial charge in [0.25, 0.3) is 0 Å². The minimum Gasteiger partial charge on any atom is -0.488 e. The Hall–Kier alpha value is -1.92. The van der Waals surface area contributed by atoms with Gasteiger partial charge in [-0.15, -0.1) is 0 Å². The van der Waals surface area contributed by atoms with Crippen molar-refractivity contribution in [3.8, 4) is 5.75 Å². The molecular weight excluding hydrogens is 333 g/mol. The average molecular weight is 359 g/mol. The largest absolute Gasteiger partial charge is 0.488 e. The number of hydrogen-bond acceptors (Lipinski definition) is 4. The number of ether oxygens (including phenoxy) is 1. The predicted octanol–water partition coefficient (Wildman–Crippen LogP) is 2.69. The van der Waals surface area contributed by atoms with E-state index in [1.165, 1.54) is 17.8 Å². The van der Waals surface area contributed by atoms with Crippen LogP contribution in [0.4, 0.5) is 4.39 Å². The number of nitrogens with zero attached hydrogens (tertiary/aromatic N) is 3. The molecule has 0 radical (unpaired) electrons. The van der Waals surface area contributed by atoms with Crippen molar-refractivity contribution in [1.29, 1.82) is 0 Å². The number of fused-ring (bicyclic) bond motifs is 1. The number of hydrogen-bond donors (Lipinski definition) is 1. The summed E-state index contributed by atoms with van der Waals surface area (Å²) < 4.78 is 21.1. The molecule has 0 bridgehead atoms. The van der Waals surface area contributed by atoms with Crippen LogP contribution in [0.15, 0.2) is 36.5 Å². The highest BCUT2D eigenvalue weighted by molar-refractivity contribution is 5.22. The molecule has 1 saturated carbocycles. The number of aliphatic hydroxyl groups is 1. The molecule has 0 unspecified atom stereocenters. The van der Waals surface area contributed by atoms with E-state index in [-0.39, 0.29) is 11.9 Å². The first-order valence-corrected chi connectivity index (χ1v) is 9.45. The van der Waals surface area contributed by atoms with Gasteiger partial charge in [-0.1, -0.05) is 0 Å². The van der Waals surface area contributed by atoms with Crippen molar-refractivity contribution in [3.05, 3.63) is 48.0 Å². The smallest absolute Gasteiger partial charge is 0.125 e. The Morgan fingerprint density at radius 1 is 1.15 bits per heavy atom. The molecule has 0 amide bonds. The normalized spacial score (nSPS) is 28.9. The van der Waals surface area contributed by atoms with Crippen molar-refractivity contribution in [2.45, 2.75) is 45.1 Å². The topological polar surface area (TPSA) is 50.5 Å². The van der Waals surface area contributed by atoms with Gasteiger partial charge in [-0.2, -0.15) is 5.10 Å². The Morgan fingerprint density at radius 3 is 2.62 bits per heavy atom. The van der Waals surface area contributed by atoms with Crippen molar-refractivity contribution in [2.75, 3.05) is 13.1 Å². The van der Waals surface area contributed by atoms with Crippen LogP contribution in [0.3, 0.4) is 0 Å². The molecule has 140 valence electrons. The fourth-order valence-electron chi connectivity index (χ4n) is 4.44. The Labute approximate surface area is 153 Å². The molecule has 0 spiro atoms. The van der Waals surface area contributed by atoms with E-state index < -0.39 is 6.10 Å². The molecule has 2 heterocycles. The number of likely N-dealkylation sites (tertiary alicyclic amines) is 1. The van der Waals surface area contributed by atoms with Gasteiger partial charge < -0.3 is 9.84 Å². The van der Waals surface area contributed by atoms with Crippen LogP contribution in [0.1, 0.15) is 25.5 Å². The van der Waals surface area contributed by atoms with Crippen LogP contribution in [0.2, 0.25) is 0 Å². The molecule has 1 aromatic carbocycles. The second kappa shape index (κ2) is 7.37. The molecule has 1 aromatic heterocycles. The molecular formula is C20H26FN3O2. The summed E-state index contributed by atoms with van der Waals surface area (Å²) in [6, 6.07) is 8.12. The van der Waals surface area contributed by atoms with Gasteiger partial charge in [-0.25, -0.2) is 4.39 Å². The molecule has 6 heteroatoms. The minimum absolute atomic E-state index is 0.220. The van der Waals surface area contributed by atoms with E-state index >= 15 is 0 Å². The molecule has 1 aliphatic carbocycles. The lowest BCUT2D eigenvalue weighted by Gasteiger charge is -2.35. The number of rotatable bonds is 5. The van der Waals surface area contributed by atoms with Gasteiger partial charge in [0.1, 0.15) is 17.7 Å². The highest BCUT2D eigenvalue weighted by atomic mass is 19.1. The summed E-state index contributed by atoms with van der Waals surface area (Å²) in [6.07, 6.45) is 2.77. The van der Waals surface area contributed by atoms with Gasteiger partial charge in [-0.05, 0) is 61.9 Å². The third-order valence-electron chi connectivity index (χ3n) is 5.75. The third kappa shape index (κ3) is 3.62. The van der Waals surface area contributed by atoms with Crippen molar-refractivity contribution < 1.29 is 14.2 Å². The monoisotopic (exact) mass is 359 g/mol. The maximum atomic E-state index is 13.1. The molecule has 5 nitrogen and oxygen atoms in total. The zero-order valence-electron chi connectivity index (χ0n) is 15.1. The van der Waals surface area contributed by atoms with Crippen LogP contribution in [-0.2, 0) is 13.1 Å². The van der Waals surface area contributed by atoms with Crippen LogP contribution in [0.25, 0.3) is 0 Å². The van der Waals surface area contributed by atoms with E-state index in [0.717, 1.165) is 39.0 Å². The number of benzene rings is 1. The van der Waals surface area contributed by atoms with Crippen molar-refractivity contribution >= 4 is 0 Å². The lowest BCUT2D eigenvalue weighted by atomic mass is 9.78. The molecule has 2 aliphatic rings. The maximum absolute atomic E-state index is 13.1. The first-order valence-electron chi connectivity index (χ1n) is 9.45. The van der Waals surface area contributed by atoms with Crippen LogP contribution < -0.4 is 4.74 Å². The lowest BCUT2D eigenvalue weighted by molar-refractivity contribution is -0.0231. The summed E-state index contributed by atoms with van der Waals surface area (Å²) in [4.78, 5) is 2.46. The zero-order chi connectivity index (χ0) is 18.1. The van der Waals surface area contributed by atoms with E-state index in [4.69, 9.17) is 4.74 Å². The summed E-state index contributed by atoms with van der Waals surface area (Å²) in [5.41, 5.74) is 1.24. The Bertz CT molecular complexity index is 733. The van der Waals surface area contributed by atoms with Gasteiger partial charge in [0.2, 0.25) is 0 Å². The number of aryl methyl sites for hydroxylation is 1. The molecule has 2 aromatic rings. The quantitative estimate of drug-likeness (QED) is 0.892. The summed E-state index contributed by atoms with van der Waals surface area (Å²) >= 11 is 0. The molecule has 1 aliphatic heterocycles. The van der Waals surface area contributed by atoms with Crippen LogP contribution >= 0.6 is 0 Å². The van der Waals surface area contributed by atoms with Gasteiger partial charge in [-0.3, -0.25) is 9.58 Å². The Balaban J connectivity index is 1.38. The van der Waals surface area contributed by atoms with Gasteiger partial charge in [0.15, 0.2) is 0 Å². The van der Waals surface area contributed by atoms with Crippen LogP contribution in [0, 0.1) is 17.7 Å². The first kappa shape index (κ1) is 17.5. The van der Waals surface area contributed by atoms with E-state index in [1.807, 2.05) is 10.9 Å². The molecule has 1 N–H and O–H groups in total. The number of aliphatic hydroxyl groups excluding tert-OH is 1. The maximum Gasteiger partial charge on any atom is 0.125 e. The van der Waals surface area contributed by atoms with Gasteiger partial charge >= 0.3 is 0 Å². The molecule has 26 heavy (non-hydrogen) atoms. The predicted molar refractivity (Wildman–Crippen MR) is 96.2 cm³/mol. The summed E-state index contributed by atoms with van der Waals surface area (Å²) in [6.45, 7) is 5.93. The number of aromatic nitrogens is 2. The minimum atomic E-state index is -0.470.